The lowest BCUT2D eigenvalue weighted by Gasteiger charge is -2.00. The summed E-state index contributed by atoms with van der Waals surface area (Å²) in [6.45, 7) is 0. The van der Waals surface area contributed by atoms with Crippen molar-refractivity contribution < 1.29 is 4.79 Å². The van der Waals surface area contributed by atoms with Gasteiger partial charge in [-0.15, -0.1) is 5.10 Å². The molecule has 98 valence electrons. The average Bonchev–Trinajstić information content (AvgIpc) is 2.92. The molecule has 3 N–H and O–H groups in total. The van der Waals surface area contributed by atoms with E-state index < -0.39 is 0 Å². The second-order valence-corrected chi connectivity index (χ2v) is 5.39. The van der Waals surface area contributed by atoms with E-state index in [0.29, 0.717) is 5.69 Å². The van der Waals surface area contributed by atoms with Crippen LogP contribution in [-0.2, 0) is 0 Å². The molecule has 3 rings (SSSR count). The molecule has 0 unspecified atom stereocenters. The standard InChI is InChI=1S/C12H12BrN5O/c13-7-1-3-8(4-2-7)18-15-6-11(17-18)12(19)16-10-5-9(10)14/h1-4,6,9-10H,5,14H2,(H,16,19)/t9-,10-/m1/s1. The highest BCUT2D eigenvalue weighted by Gasteiger charge is 2.35. The molecule has 1 fully saturated rings. The lowest BCUT2D eigenvalue weighted by atomic mass is 10.3. The molecule has 1 heterocycles. The number of aromatic nitrogens is 3. The van der Waals surface area contributed by atoms with Gasteiger partial charge in [-0.25, -0.2) is 0 Å². The molecule has 0 bridgehead atoms. The van der Waals surface area contributed by atoms with E-state index in [9.17, 15) is 4.79 Å². The molecule has 0 spiro atoms. The van der Waals surface area contributed by atoms with E-state index in [2.05, 4.69) is 31.4 Å². The van der Waals surface area contributed by atoms with Crippen LogP contribution in [0.5, 0.6) is 0 Å². The van der Waals surface area contributed by atoms with Gasteiger partial charge >= 0.3 is 0 Å². The van der Waals surface area contributed by atoms with Gasteiger partial charge in [-0.1, -0.05) is 15.9 Å². The quantitative estimate of drug-likeness (QED) is 0.878. The van der Waals surface area contributed by atoms with Crippen molar-refractivity contribution >= 4 is 21.8 Å². The highest BCUT2D eigenvalue weighted by molar-refractivity contribution is 9.10. The molecule has 19 heavy (non-hydrogen) atoms. The van der Waals surface area contributed by atoms with Gasteiger partial charge in [0, 0.05) is 16.6 Å². The Morgan fingerprint density at radius 2 is 2.11 bits per heavy atom. The highest BCUT2D eigenvalue weighted by atomic mass is 79.9. The molecule has 1 saturated carbocycles. The number of hydrogen-bond acceptors (Lipinski definition) is 4. The van der Waals surface area contributed by atoms with E-state index in [0.717, 1.165) is 16.6 Å². The van der Waals surface area contributed by atoms with Crippen LogP contribution < -0.4 is 11.1 Å². The van der Waals surface area contributed by atoms with Gasteiger partial charge in [0.05, 0.1) is 11.9 Å². The first-order valence-electron chi connectivity index (χ1n) is 5.88. The number of benzene rings is 1. The molecule has 2 atom stereocenters. The van der Waals surface area contributed by atoms with Crippen molar-refractivity contribution in [2.24, 2.45) is 5.73 Å². The van der Waals surface area contributed by atoms with Crippen LogP contribution in [0.2, 0.25) is 0 Å². The number of carbonyl (C=O) groups is 1. The van der Waals surface area contributed by atoms with Gasteiger partial charge < -0.3 is 11.1 Å². The van der Waals surface area contributed by atoms with Crippen molar-refractivity contribution in [3.63, 3.8) is 0 Å². The predicted octanol–water partition coefficient (Wildman–Crippen LogP) is 0.859. The summed E-state index contributed by atoms with van der Waals surface area (Å²) in [6, 6.07) is 7.66. The average molecular weight is 322 g/mol. The Labute approximate surface area is 118 Å². The molecule has 0 saturated heterocycles. The second-order valence-electron chi connectivity index (χ2n) is 4.48. The van der Waals surface area contributed by atoms with Gasteiger partial charge in [0.1, 0.15) is 0 Å². The van der Waals surface area contributed by atoms with Gasteiger partial charge in [-0.05, 0) is 30.7 Å². The fourth-order valence-corrected chi connectivity index (χ4v) is 1.95. The van der Waals surface area contributed by atoms with Crippen LogP contribution in [0.4, 0.5) is 0 Å². The third-order valence-electron chi connectivity index (χ3n) is 2.94. The summed E-state index contributed by atoms with van der Waals surface area (Å²) in [5, 5.41) is 11.0. The SMILES string of the molecule is N[C@@H]1C[C@H]1NC(=O)c1cnn(-c2ccc(Br)cc2)n1. The molecule has 0 radical (unpaired) electrons. The minimum Gasteiger partial charge on any atom is -0.346 e. The molecule has 1 aromatic heterocycles. The molecule has 1 aromatic carbocycles. The Hall–Kier alpha value is -1.73. The molecule has 7 heteroatoms. The van der Waals surface area contributed by atoms with Crippen LogP contribution in [0.3, 0.4) is 0 Å². The second kappa shape index (κ2) is 4.75. The summed E-state index contributed by atoms with van der Waals surface area (Å²) in [6.07, 6.45) is 2.28. The number of amides is 1. The number of nitrogens with zero attached hydrogens (tertiary/aromatic N) is 3. The third kappa shape index (κ3) is 2.66. The number of rotatable bonds is 3. The maximum atomic E-state index is 11.8. The van der Waals surface area contributed by atoms with Crippen molar-refractivity contribution in [2.45, 2.75) is 18.5 Å². The number of nitrogens with two attached hydrogens (primary N) is 1. The van der Waals surface area contributed by atoms with Gasteiger partial charge in [-0.2, -0.15) is 9.90 Å². The number of carbonyl (C=O) groups excluding carboxylic acids is 1. The molecule has 6 nitrogen and oxygen atoms in total. The van der Waals surface area contributed by atoms with Crippen LogP contribution in [0.25, 0.3) is 5.69 Å². The summed E-state index contributed by atoms with van der Waals surface area (Å²) in [4.78, 5) is 13.3. The first-order chi connectivity index (χ1) is 9.13. The third-order valence-corrected chi connectivity index (χ3v) is 3.47. The number of nitrogens with one attached hydrogen (secondary N) is 1. The van der Waals surface area contributed by atoms with Crippen molar-refractivity contribution in [3.8, 4) is 5.69 Å². The maximum Gasteiger partial charge on any atom is 0.273 e. The van der Waals surface area contributed by atoms with Crippen molar-refractivity contribution in [1.82, 2.24) is 20.3 Å². The Balaban J connectivity index is 1.75. The van der Waals surface area contributed by atoms with Crippen molar-refractivity contribution in [3.05, 3.63) is 40.6 Å². The number of halogens is 1. The fourth-order valence-electron chi connectivity index (χ4n) is 1.69. The van der Waals surface area contributed by atoms with E-state index >= 15 is 0 Å². The van der Waals surface area contributed by atoms with Crippen LogP contribution in [0.1, 0.15) is 16.9 Å². The normalized spacial score (nSPS) is 21.2. The van der Waals surface area contributed by atoms with Crippen LogP contribution in [0.15, 0.2) is 34.9 Å². The van der Waals surface area contributed by atoms with E-state index in [1.807, 2.05) is 24.3 Å². The first kappa shape index (κ1) is 12.3. The fraction of sp³-hybridized carbons (Fsp3) is 0.250. The molecule has 2 aromatic rings. The Kier molecular flexibility index (Phi) is 3.08. The van der Waals surface area contributed by atoms with Gasteiger partial charge in [0.15, 0.2) is 5.69 Å². The zero-order valence-electron chi connectivity index (χ0n) is 9.95. The molecule has 0 aliphatic heterocycles. The van der Waals surface area contributed by atoms with Gasteiger partial charge in [0.25, 0.3) is 5.91 Å². The number of hydrogen-bond donors (Lipinski definition) is 2. The van der Waals surface area contributed by atoms with E-state index in [-0.39, 0.29) is 18.0 Å². The van der Waals surface area contributed by atoms with Gasteiger partial charge in [0.2, 0.25) is 0 Å². The lowest BCUT2D eigenvalue weighted by molar-refractivity contribution is 0.0945. The minimum atomic E-state index is -0.235. The van der Waals surface area contributed by atoms with Crippen LogP contribution in [-0.4, -0.2) is 33.0 Å². The minimum absolute atomic E-state index is 0.0744. The van der Waals surface area contributed by atoms with Crippen molar-refractivity contribution in [1.29, 1.82) is 0 Å². The largest absolute Gasteiger partial charge is 0.346 e. The topological polar surface area (TPSA) is 85.8 Å². The Morgan fingerprint density at radius 3 is 2.74 bits per heavy atom. The van der Waals surface area contributed by atoms with Crippen LogP contribution in [0, 0.1) is 0 Å². The summed E-state index contributed by atoms with van der Waals surface area (Å²) in [5.74, 6) is -0.235. The van der Waals surface area contributed by atoms with Crippen molar-refractivity contribution in [2.75, 3.05) is 0 Å². The zero-order valence-corrected chi connectivity index (χ0v) is 11.5. The summed E-state index contributed by atoms with van der Waals surface area (Å²) in [5.41, 5.74) is 6.73. The highest BCUT2D eigenvalue weighted by Crippen LogP contribution is 2.18. The summed E-state index contributed by atoms with van der Waals surface area (Å²) < 4.78 is 0.976. The monoisotopic (exact) mass is 321 g/mol. The predicted molar refractivity (Wildman–Crippen MR) is 72.9 cm³/mol. The molecule has 1 amide bonds. The molecular weight excluding hydrogens is 310 g/mol. The zero-order chi connectivity index (χ0) is 13.4. The molecular formula is C12H12BrN5O. The Bertz CT molecular complexity index is 609. The van der Waals surface area contributed by atoms with Crippen LogP contribution >= 0.6 is 15.9 Å². The van der Waals surface area contributed by atoms with E-state index in [1.54, 1.807) is 0 Å². The van der Waals surface area contributed by atoms with Gasteiger partial charge in [-0.3, -0.25) is 4.79 Å². The lowest BCUT2D eigenvalue weighted by Crippen LogP contribution is -2.30. The molecule has 1 aliphatic carbocycles. The molecule has 1 aliphatic rings. The van der Waals surface area contributed by atoms with E-state index in [1.165, 1.54) is 11.0 Å². The van der Waals surface area contributed by atoms with E-state index in [4.69, 9.17) is 5.73 Å². The first-order valence-corrected chi connectivity index (χ1v) is 6.67. The summed E-state index contributed by atoms with van der Waals surface area (Å²) >= 11 is 3.36. The Morgan fingerprint density at radius 1 is 1.42 bits per heavy atom. The summed E-state index contributed by atoms with van der Waals surface area (Å²) in [7, 11) is 0. The maximum absolute atomic E-state index is 11.8. The smallest absolute Gasteiger partial charge is 0.273 e.